The summed E-state index contributed by atoms with van der Waals surface area (Å²) in [4.78, 5) is 4.13. The van der Waals surface area contributed by atoms with Crippen LogP contribution in [-0.4, -0.2) is 30.8 Å². The third-order valence-corrected chi connectivity index (χ3v) is 5.45. The molecule has 0 saturated carbocycles. The lowest BCUT2D eigenvalue weighted by Crippen LogP contribution is -2.46. The summed E-state index contributed by atoms with van der Waals surface area (Å²) < 4.78 is 11.5. The lowest BCUT2D eigenvalue weighted by Gasteiger charge is -2.37. The van der Waals surface area contributed by atoms with Crippen LogP contribution in [0, 0.1) is 0 Å². The molecule has 1 aromatic heterocycles. The molecule has 1 aromatic carbocycles. The Labute approximate surface area is 149 Å². The molecule has 2 heterocycles. The van der Waals surface area contributed by atoms with Gasteiger partial charge in [0.2, 0.25) is 0 Å². The zero-order chi connectivity index (χ0) is 17.1. The molecular formula is C21H26N2O2. The van der Waals surface area contributed by atoms with Crippen molar-refractivity contribution >= 4 is 0 Å². The fourth-order valence-corrected chi connectivity index (χ4v) is 4.14. The molecule has 1 aliphatic heterocycles. The molecule has 0 bridgehead atoms. The van der Waals surface area contributed by atoms with Crippen LogP contribution in [0.4, 0.5) is 0 Å². The second-order valence-electron chi connectivity index (χ2n) is 7.06. The van der Waals surface area contributed by atoms with E-state index in [2.05, 4.69) is 40.6 Å². The van der Waals surface area contributed by atoms with Crippen LogP contribution in [0.5, 0.6) is 5.75 Å². The predicted octanol–water partition coefficient (Wildman–Crippen LogP) is 3.46. The summed E-state index contributed by atoms with van der Waals surface area (Å²) in [5.74, 6) is 0.954. The van der Waals surface area contributed by atoms with Gasteiger partial charge in [-0.1, -0.05) is 6.07 Å². The van der Waals surface area contributed by atoms with E-state index in [4.69, 9.17) is 9.47 Å². The molecule has 1 fully saturated rings. The van der Waals surface area contributed by atoms with Crippen LogP contribution in [-0.2, 0) is 17.6 Å². The Morgan fingerprint density at radius 3 is 2.84 bits per heavy atom. The van der Waals surface area contributed by atoms with Crippen LogP contribution in [0.2, 0.25) is 0 Å². The zero-order valence-corrected chi connectivity index (χ0v) is 14.8. The molecule has 0 spiro atoms. The van der Waals surface area contributed by atoms with Crippen LogP contribution in [0.3, 0.4) is 0 Å². The molecule has 4 rings (SSSR count). The maximum atomic E-state index is 6.11. The van der Waals surface area contributed by atoms with Gasteiger partial charge in [-0.15, -0.1) is 0 Å². The highest BCUT2D eigenvalue weighted by atomic mass is 16.5. The number of hydrogen-bond acceptors (Lipinski definition) is 4. The van der Waals surface area contributed by atoms with Gasteiger partial charge in [0.25, 0.3) is 0 Å². The van der Waals surface area contributed by atoms with Gasteiger partial charge in [-0.05, 0) is 73.1 Å². The number of aryl methyl sites for hydroxylation is 1. The highest BCUT2D eigenvalue weighted by molar-refractivity contribution is 5.38. The molecule has 2 aliphatic rings. The number of pyridine rings is 1. The van der Waals surface area contributed by atoms with Gasteiger partial charge in [-0.2, -0.15) is 0 Å². The summed E-state index contributed by atoms with van der Waals surface area (Å²) in [6.45, 7) is 0.843. The van der Waals surface area contributed by atoms with E-state index in [0.717, 1.165) is 38.0 Å². The highest BCUT2D eigenvalue weighted by Crippen LogP contribution is 2.31. The first-order chi connectivity index (χ1) is 12.3. The Kier molecular flexibility index (Phi) is 4.99. The number of hydrogen-bond donors (Lipinski definition) is 1. The van der Waals surface area contributed by atoms with Gasteiger partial charge in [0.15, 0.2) is 0 Å². The van der Waals surface area contributed by atoms with Crippen molar-refractivity contribution in [1.82, 2.24) is 10.3 Å². The van der Waals surface area contributed by atoms with E-state index in [1.807, 2.05) is 12.4 Å². The first kappa shape index (κ1) is 16.6. The quantitative estimate of drug-likeness (QED) is 0.927. The number of fused-ring (bicyclic) bond motifs is 1. The Balaban J connectivity index is 1.47. The average Bonchev–Trinajstić information content (AvgIpc) is 2.68. The second kappa shape index (κ2) is 7.54. The van der Waals surface area contributed by atoms with Gasteiger partial charge in [0.1, 0.15) is 5.75 Å². The Morgan fingerprint density at radius 2 is 2.00 bits per heavy atom. The van der Waals surface area contributed by atoms with E-state index in [9.17, 15) is 0 Å². The third kappa shape index (κ3) is 3.70. The van der Waals surface area contributed by atoms with E-state index in [0.29, 0.717) is 12.1 Å². The Hall–Kier alpha value is -1.91. The van der Waals surface area contributed by atoms with Crippen molar-refractivity contribution in [2.24, 2.45) is 0 Å². The monoisotopic (exact) mass is 338 g/mol. The van der Waals surface area contributed by atoms with Crippen LogP contribution >= 0.6 is 0 Å². The van der Waals surface area contributed by atoms with Gasteiger partial charge in [0, 0.05) is 31.1 Å². The SMILES string of the molecule is COc1ccc2c(c1)C[C@@H](N[C@H]1CCCO[C@@H]1c1ccncc1)CC2. The van der Waals surface area contributed by atoms with Gasteiger partial charge >= 0.3 is 0 Å². The number of aromatic nitrogens is 1. The largest absolute Gasteiger partial charge is 0.497 e. The molecular weight excluding hydrogens is 312 g/mol. The topological polar surface area (TPSA) is 43.4 Å². The van der Waals surface area contributed by atoms with Crippen LogP contribution in [0.1, 0.15) is 42.1 Å². The van der Waals surface area contributed by atoms with Gasteiger partial charge in [-0.25, -0.2) is 0 Å². The number of ether oxygens (including phenoxy) is 2. The summed E-state index contributed by atoms with van der Waals surface area (Å²) in [5, 5.41) is 3.90. The molecule has 1 N–H and O–H groups in total. The molecule has 1 saturated heterocycles. The number of nitrogens with zero attached hydrogens (tertiary/aromatic N) is 1. The normalized spacial score (nSPS) is 26.0. The van der Waals surface area contributed by atoms with Gasteiger partial charge in [-0.3, -0.25) is 4.98 Å². The van der Waals surface area contributed by atoms with Crippen LogP contribution in [0.25, 0.3) is 0 Å². The molecule has 25 heavy (non-hydrogen) atoms. The fourth-order valence-electron chi connectivity index (χ4n) is 4.14. The molecule has 0 radical (unpaired) electrons. The molecule has 0 amide bonds. The van der Waals surface area contributed by atoms with Crippen molar-refractivity contribution in [3.63, 3.8) is 0 Å². The zero-order valence-electron chi connectivity index (χ0n) is 14.8. The van der Waals surface area contributed by atoms with Crippen molar-refractivity contribution in [2.45, 2.75) is 50.3 Å². The lowest BCUT2D eigenvalue weighted by molar-refractivity contribution is -0.0143. The van der Waals surface area contributed by atoms with Gasteiger partial charge < -0.3 is 14.8 Å². The Bertz CT molecular complexity index is 704. The molecule has 4 heteroatoms. The minimum Gasteiger partial charge on any atom is -0.497 e. The predicted molar refractivity (Wildman–Crippen MR) is 97.9 cm³/mol. The molecule has 0 unspecified atom stereocenters. The molecule has 3 atom stereocenters. The standard InChI is InChI=1S/C21H26N2O2/c1-24-19-7-5-15-4-6-18(13-17(15)14-19)23-20-3-2-12-25-21(20)16-8-10-22-11-9-16/h5,7-11,14,18,20-21,23H,2-4,6,12-13H2,1H3/t18-,20-,21+/m0/s1. The van der Waals surface area contributed by atoms with Crippen molar-refractivity contribution in [3.8, 4) is 5.75 Å². The van der Waals surface area contributed by atoms with Crippen LogP contribution in [0.15, 0.2) is 42.7 Å². The van der Waals surface area contributed by atoms with E-state index in [1.54, 1.807) is 7.11 Å². The third-order valence-electron chi connectivity index (χ3n) is 5.45. The number of methoxy groups -OCH3 is 1. The van der Waals surface area contributed by atoms with Crippen molar-refractivity contribution in [2.75, 3.05) is 13.7 Å². The van der Waals surface area contributed by atoms with E-state index in [1.165, 1.54) is 23.1 Å². The molecule has 132 valence electrons. The first-order valence-electron chi connectivity index (χ1n) is 9.27. The highest BCUT2D eigenvalue weighted by Gasteiger charge is 2.30. The minimum absolute atomic E-state index is 0.128. The first-order valence-corrected chi connectivity index (χ1v) is 9.27. The fraction of sp³-hybridized carbons (Fsp3) is 0.476. The van der Waals surface area contributed by atoms with E-state index < -0.39 is 0 Å². The second-order valence-corrected chi connectivity index (χ2v) is 7.06. The number of nitrogens with one attached hydrogen (secondary N) is 1. The lowest BCUT2D eigenvalue weighted by atomic mass is 9.86. The summed E-state index contributed by atoms with van der Waals surface area (Å²) in [5.41, 5.74) is 4.11. The minimum atomic E-state index is 0.128. The molecule has 1 aliphatic carbocycles. The van der Waals surface area contributed by atoms with Gasteiger partial charge in [0.05, 0.1) is 13.2 Å². The van der Waals surface area contributed by atoms with Crippen molar-refractivity contribution in [3.05, 3.63) is 59.4 Å². The summed E-state index contributed by atoms with van der Waals surface area (Å²) in [6.07, 6.45) is 9.49. The average molecular weight is 338 g/mol. The smallest absolute Gasteiger partial charge is 0.119 e. The molecule has 4 nitrogen and oxygen atoms in total. The summed E-state index contributed by atoms with van der Waals surface area (Å²) in [7, 11) is 1.74. The maximum absolute atomic E-state index is 6.11. The van der Waals surface area contributed by atoms with Crippen LogP contribution < -0.4 is 10.1 Å². The summed E-state index contributed by atoms with van der Waals surface area (Å²) in [6, 6.07) is 11.5. The van der Waals surface area contributed by atoms with Crippen molar-refractivity contribution < 1.29 is 9.47 Å². The summed E-state index contributed by atoms with van der Waals surface area (Å²) >= 11 is 0. The van der Waals surface area contributed by atoms with E-state index in [-0.39, 0.29) is 6.10 Å². The number of rotatable bonds is 4. The maximum Gasteiger partial charge on any atom is 0.119 e. The molecule has 2 aromatic rings. The number of benzene rings is 1. The Morgan fingerprint density at radius 1 is 1.12 bits per heavy atom. The van der Waals surface area contributed by atoms with Crippen molar-refractivity contribution in [1.29, 1.82) is 0 Å². The van der Waals surface area contributed by atoms with E-state index >= 15 is 0 Å².